The van der Waals surface area contributed by atoms with Crippen molar-refractivity contribution < 1.29 is 4.79 Å². The fraction of sp³-hybridized carbons (Fsp3) is 0.417. The molecule has 2 aromatic rings. The van der Waals surface area contributed by atoms with E-state index in [1.54, 1.807) is 12.1 Å². The molecule has 0 radical (unpaired) electrons. The standard InChI is InChI=1S/C24H26Cl3N3O/c1-24(29-13-5-3-2-4-6-14-29)22(16-31)28-30(21-12-11-19(26)15-20(21)27)23(24)17-7-9-18(25)10-8-17/h7-12,15-16,23H,2-6,13-14H2,1H3/t23-,24-/m1/s1. The molecule has 2 heterocycles. The number of nitrogens with zero attached hydrogens (tertiary/aromatic N) is 3. The lowest BCUT2D eigenvalue weighted by Crippen LogP contribution is -2.57. The molecule has 4 nitrogen and oxygen atoms in total. The number of benzene rings is 2. The second-order valence-electron chi connectivity index (χ2n) is 8.40. The quantitative estimate of drug-likeness (QED) is 0.454. The largest absolute Gasteiger partial charge is 0.296 e. The molecule has 31 heavy (non-hydrogen) atoms. The van der Waals surface area contributed by atoms with Gasteiger partial charge in [-0.05, 0) is 68.8 Å². The third-order valence-corrected chi connectivity index (χ3v) is 7.27. The Morgan fingerprint density at radius 3 is 2.16 bits per heavy atom. The van der Waals surface area contributed by atoms with Crippen molar-refractivity contribution in [1.82, 2.24) is 4.90 Å². The summed E-state index contributed by atoms with van der Waals surface area (Å²) < 4.78 is 0. The lowest BCUT2D eigenvalue weighted by Gasteiger charge is -2.44. The maximum Gasteiger partial charge on any atom is 0.168 e. The van der Waals surface area contributed by atoms with Crippen LogP contribution in [-0.2, 0) is 4.79 Å². The third-order valence-electron chi connectivity index (χ3n) is 6.48. The molecule has 0 bridgehead atoms. The number of halogens is 3. The average molecular weight is 479 g/mol. The van der Waals surface area contributed by atoms with E-state index in [1.165, 1.54) is 19.3 Å². The molecule has 2 aliphatic heterocycles. The molecule has 0 aliphatic carbocycles. The summed E-state index contributed by atoms with van der Waals surface area (Å²) in [6, 6.07) is 12.9. The van der Waals surface area contributed by atoms with E-state index < -0.39 is 5.54 Å². The minimum Gasteiger partial charge on any atom is -0.296 e. The van der Waals surface area contributed by atoms with E-state index in [9.17, 15) is 4.79 Å². The van der Waals surface area contributed by atoms with Crippen molar-refractivity contribution in [2.24, 2.45) is 5.10 Å². The van der Waals surface area contributed by atoms with Crippen molar-refractivity contribution >= 4 is 52.5 Å². The molecule has 0 amide bonds. The van der Waals surface area contributed by atoms with Crippen LogP contribution in [0.3, 0.4) is 0 Å². The van der Waals surface area contributed by atoms with E-state index in [2.05, 4.69) is 11.8 Å². The predicted molar refractivity (Wildman–Crippen MR) is 130 cm³/mol. The van der Waals surface area contributed by atoms with Gasteiger partial charge in [0, 0.05) is 10.0 Å². The highest BCUT2D eigenvalue weighted by molar-refractivity contribution is 6.37. The van der Waals surface area contributed by atoms with Gasteiger partial charge in [0.1, 0.15) is 11.8 Å². The summed E-state index contributed by atoms with van der Waals surface area (Å²) in [5.41, 5.74) is 1.66. The molecule has 0 N–H and O–H groups in total. The first-order valence-corrected chi connectivity index (χ1v) is 11.9. The molecule has 0 aromatic heterocycles. The van der Waals surface area contributed by atoms with Gasteiger partial charge in [-0.25, -0.2) is 0 Å². The van der Waals surface area contributed by atoms with Gasteiger partial charge in [-0.3, -0.25) is 14.7 Å². The first-order chi connectivity index (χ1) is 14.9. The van der Waals surface area contributed by atoms with Gasteiger partial charge >= 0.3 is 0 Å². The van der Waals surface area contributed by atoms with Crippen molar-refractivity contribution in [3.05, 3.63) is 63.1 Å². The summed E-state index contributed by atoms with van der Waals surface area (Å²) in [4.78, 5) is 14.7. The van der Waals surface area contributed by atoms with Crippen LogP contribution in [0.25, 0.3) is 0 Å². The number of carbonyl (C=O) groups excluding carboxylic acids is 1. The highest BCUT2D eigenvalue weighted by Crippen LogP contribution is 2.47. The number of hydrogen-bond donors (Lipinski definition) is 0. The maximum atomic E-state index is 12.3. The molecule has 2 aromatic carbocycles. The first-order valence-electron chi connectivity index (χ1n) is 10.7. The van der Waals surface area contributed by atoms with Crippen molar-refractivity contribution in [1.29, 1.82) is 0 Å². The first kappa shape index (κ1) is 22.6. The Hall–Kier alpha value is -1.59. The maximum absolute atomic E-state index is 12.3. The number of hydrazone groups is 1. The Morgan fingerprint density at radius 2 is 1.55 bits per heavy atom. The van der Waals surface area contributed by atoms with Crippen LogP contribution in [0.15, 0.2) is 47.6 Å². The summed E-state index contributed by atoms with van der Waals surface area (Å²) in [6.07, 6.45) is 6.79. The smallest absolute Gasteiger partial charge is 0.168 e. The van der Waals surface area contributed by atoms with E-state index in [-0.39, 0.29) is 6.04 Å². The van der Waals surface area contributed by atoms with Gasteiger partial charge in [0.15, 0.2) is 6.29 Å². The van der Waals surface area contributed by atoms with Gasteiger partial charge in [0.2, 0.25) is 0 Å². The molecule has 1 saturated heterocycles. The lowest BCUT2D eigenvalue weighted by atomic mass is 9.81. The zero-order valence-corrected chi connectivity index (χ0v) is 19.8. The van der Waals surface area contributed by atoms with E-state index in [1.807, 2.05) is 35.3 Å². The normalized spacial score (nSPS) is 25.1. The Labute approximate surface area is 198 Å². The summed E-state index contributed by atoms with van der Waals surface area (Å²) in [5.74, 6) is 0. The number of anilines is 1. The van der Waals surface area contributed by atoms with Crippen LogP contribution >= 0.6 is 34.8 Å². The number of aldehydes is 1. The van der Waals surface area contributed by atoms with E-state index in [0.717, 1.165) is 43.5 Å². The van der Waals surface area contributed by atoms with Gasteiger partial charge in [0.05, 0.1) is 16.2 Å². The van der Waals surface area contributed by atoms with Crippen molar-refractivity contribution in [2.45, 2.75) is 50.6 Å². The van der Waals surface area contributed by atoms with Crippen LogP contribution in [-0.4, -0.2) is 35.5 Å². The number of rotatable bonds is 4. The molecule has 4 rings (SSSR count). The summed E-state index contributed by atoms with van der Waals surface area (Å²) in [6.45, 7) is 3.98. The van der Waals surface area contributed by atoms with Crippen LogP contribution in [0.4, 0.5) is 5.69 Å². The van der Waals surface area contributed by atoms with Crippen LogP contribution in [0.5, 0.6) is 0 Å². The number of hydrogen-bond acceptors (Lipinski definition) is 4. The van der Waals surface area contributed by atoms with E-state index in [4.69, 9.17) is 39.9 Å². The average Bonchev–Trinajstić information content (AvgIpc) is 3.01. The second-order valence-corrected chi connectivity index (χ2v) is 9.68. The fourth-order valence-electron chi connectivity index (χ4n) is 4.81. The van der Waals surface area contributed by atoms with Crippen LogP contribution in [0.1, 0.15) is 50.6 Å². The van der Waals surface area contributed by atoms with Gasteiger partial charge in [-0.2, -0.15) is 5.10 Å². The summed E-state index contributed by atoms with van der Waals surface area (Å²) in [7, 11) is 0. The van der Waals surface area contributed by atoms with Crippen LogP contribution in [0.2, 0.25) is 15.1 Å². The van der Waals surface area contributed by atoms with Crippen LogP contribution in [0, 0.1) is 0 Å². The van der Waals surface area contributed by atoms with Gasteiger partial charge in [-0.15, -0.1) is 0 Å². The molecule has 2 atom stereocenters. The molecule has 2 aliphatic rings. The van der Waals surface area contributed by atoms with E-state index >= 15 is 0 Å². The fourth-order valence-corrected chi connectivity index (χ4v) is 5.43. The molecule has 164 valence electrons. The van der Waals surface area contributed by atoms with Gasteiger partial charge in [0.25, 0.3) is 0 Å². The summed E-state index contributed by atoms with van der Waals surface area (Å²) >= 11 is 18.9. The number of likely N-dealkylation sites (tertiary alicyclic amines) is 1. The molecular formula is C24H26Cl3N3O. The van der Waals surface area contributed by atoms with Crippen molar-refractivity contribution in [2.75, 3.05) is 18.1 Å². The minimum atomic E-state index is -0.601. The molecular weight excluding hydrogens is 453 g/mol. The molecule has 1 fully saturated rings. The highest BCUT2D eigenvalue weighted by atomic mass is 35.5. The van der Waals surface area contributed by atoms with Crippen LogP contribution < -0.4 is 5.01 Å². The van der Waals surface area contributed by atoms with Crippen molar-refractivity contribution in [3.8, 4) is 0 Å². The topological polar surface area (TPSA) is 35.9 Å². The van der Waals surface area contributed by atoms with E-state index in [0.29, 0.717) is 20.8 Å². The molecule has 7 heteroatoms. The zero-order chi connectivity index (χ0) is 22.0. The van der Waals surface area contributed by atoms with Gasteiger partial charge in [-0.1, -0.05) is 66.2 Å². The minimum absolute atomic E-state index is 0.233. The highest BCUT2D eigenvalue weighted by Gasteiger charge is 2.52. The molecule has 0 spiro atoms. The summed E-state index contributed by atoms with van der Waals surface area (Å²) in [5, 5.41) is 8.41. The Kier molecular flexibility index (Phi) is 6.92. The van der Waals surface area contributed by atoms with Crippen molar-refractivity contribution in [3.63, 3.8) is 0 Å². The monoisotopic (exact) mass is 477 g/mol. The SMILES string of the molecule is C[C@@]1(N2CCCCCCC2)C(C=O)=NN(c2ccc(Cl)cc2Cl)[C@@H]1c1ccc(Cl)cc1. The van der Waals surface area contributed by atoms with Gasteiger partial charge < -0.3 is 0 Å². The Bertz CT molecular complexity index is 971. The Balaban J connectivity index is 1.86. The predicted octanol–water partition coefficient (Wildman–Crippen LogP) is 6.79. The molecule has 0 saturated carbocycles. The Morgan fingerprint density at radius 1 is 0.935 bits per heavy atom. The zero-order valence-electron chi connectivity index (χ0n) is 17.5. The third kappa shape index (κ3) is 4.36. The lowest BCUT2D eigenvalue weighted by molar-refractivity contribution is -0.103. The number of carbonyl (C=O) groups is 1. The molecule has 0 unspecified atom stereocenters. The second kappa shape index (κ2) is 9.50.